The van der Waals surface area contributed by atoms with E-state index in [-0.39, 0.29) is 22.7 Å². The highest BCUT2D eigenvalue weighted by Crippen LogP contribution is 2.35. The van der Waals surface area contributed by atoms with Crippen LogP contribution in [0.4, 0.5) is 0 Å². The summed E-state index contributed by atoms with van der Waals surface area (Å²) < 4.78 is 0. The summed E-state index contributed by atoms with van der Waals surface area (Å²) in [6.45, 7) is 8.46. The third-order valence-electron chi connectivity index (χ3n) is 4.18. The number of hydrogen-bond donors (Lipinski definition) is 2. The van der Waals surface area contributed by atoms with Gasteiger partial charge in [-0.1, -0.05) is 18.2 Å². The molecular formula is C17H22BrNO3. The maximum atomic E-state index is 12.0. The molecule has 0 radical (unpaired) electrons. The normalized spacial score (nSPS) is 19.9. The molecule has 5 heteroatoms. The lowest BCUT2D eigenvalue weighted by Crippen LogP contribution is -2.58. The van der Waals surface area contributed by atoms with Crippen LogP contribution in [0.25, 0.3) is 0 Å². The molecule has 0 aromatic heterocycles. The van der Waals surface area contributed by atoms with Gasteiger partial charge in [-0.25, -0.2) is 0 Å². The zero-order valence-electron chi connectivity index (χ0n) is 12.5. The molecule has 0 saturated carbocycles. The molecule has 22 heavy (non-hydrogen) atoms. The topological polar surface area (TPSA) is 60.8 Å². The van der Waals surface area contributed by atoms with Gasteiger partial charge in [0.1, 0.15) is 11.3 Å². The number of fused-ring (bicyclic) bond motifs is 1. The lowest BCUT2D eigenvalue weighted by atomic mass is 9.76. The van der Waals surface area contributed by atoms with E-state index in [1.807, 2.05) is 11.0 Å². The lowest BCUT2D eigenvalue weighted by molar-refractivity contribution is -0.152. The van der Waals surface area contributed by atoms with Crippen molar-refractivity contribution in [1.82, 2.24) is 4.90 Å². The zero-order valence-corrected chi connectivity index (χ0v) is 14.2. The standard InChI is InChI=1S/C17H21NO3.BrH/c1-3-9-18(10-4-2)17(16(20)21)8-7-13-11-15(19)6-5-14(13)12-17;/h3-6,11,19H,1-2,7-10,12H2,(H,20,21);1H. The van der Waals surface area contributed by atoms with Crippen LogP contribution in [-0.2, 0) is 17.6 Å². The van der Waals surface area contributed by atoms with Gasteiger partial charge in [0, 0.05) is 19.5 Å². The first-order valence-corrected chi connectivity index (χ1v) is 7.04. The van der Waals surface area contributed by atoms with Gasteiger partial charge in [-0.15, -0.1) is 30.1 Å². The highest BCUT2D eigenvalue weighted by molar-refractivity contribution is 8.93. The summed E-state index contributed by atoms with van der Waals surface area (Å²) >= 11 is 0. The summed E-state index contributed by atoms with van der Waals surface area (Å²) in [7, 11) is 0. The Bertz CT molecular complexity index is 563. The number of rotatable bonds is 6. The predicted molar refractivity (Wildman–Crippen MR) is 92.8 cm³/mol. The Labute approximate surface area is 141 Å². The minimum Gasteiger partial charge on any atom is -0.508 e. The largest absolute Gasteiger partial charge is 0.508 e. The van der Waals surface area contributed by atoms with Crippen LogP contribution in [0.5, 0.6) is 5.75 Å². The summed E-state index contributed by atoms with van der Waals surface area (Å²) in [6, 6.07) is 5.16. The fraction of sp³-hybridized carbons (Fsp3) is 0.353. The molecule has 0 bridgehead atoms. The second kappa shape index (κ2) is 7.61. The number of aliphatic carboxylic acids is 1. The van der Waals surface area contributed by atoms with Crippen LogP contribution >= 0.6 is 17.0 Å². The van der Waals surface area contributed by atoms with Gasteiger partial charge in [-0.3, -0.25) is 9.69 Å². The molecule has 2 N–H and O–H groups in total. The minimum atomic E-state index is -0.938. The van der Waals surface area contributed by atoms with Crippen molar-refractivity contribution in [2.45, 2.75) is 24.8 Å². The van der Waals surface area contributed by atoms with E-state index in [9.17, 15) is 15.0 Å². The average Bonchev–Trinajstić information content (AvgIpc) is 2.46. The lowest BCUT2D eigenvalue weighted by Gasteiger charge is -2.43. The van der Waals surface area contributed by atoms with Crippen molar-refractivity contribution in [3.05, 3.63) is 54.6 Å². The van der Waals surface area contributed by atoms with Gasteiger partial charge < -0.3 is 10.2 Å². The number of carboxylic acids is 1. The van der Waals surface area contributed by atoms with Gasteiger partial charge in [-0.2, -0.15) is 0 Å². The molecule has 4 nitrogen and oxygen atoms in total. The smallest absolute Gasteiger partial charge is 0.324 e. The minimum absolute atomic E-state index is 0. The monoisotopic (exact) mass is 367 g/mol. The summed E-state index contributed by atoms with van der Waals surface area (Å²) in [5.74, 6) is -0.587. The maximum Gasteiger partial charge on any atom is 0.324 e. The number of carboxylic acid groups (broad SMARTS) is 1. The van der Waals surface area contributed by atoms with Crippen molar-refractivity contribution in [3.8, 4) is 5.75 Å². The van der Waals surface area contributed by atoms with E-state index in [1.54, 1.807) is 24.3 Å². The van der Waals surface area contributed by atoms with E-state index in [2.05, 4.69) is 13.2 Å². The van der Waals surface area contributed by atoms with Crippen LogP contribution in [0.3, 0.4) is 0 Å². The van der Waals surface area contributed by atoms with Crippen LogP contribution < -0.4 is 0 Å². The highest BCUT2D eigenvalue weighted by Gasteiger charge is 2.45. The van der Waals surface area contributed by atoms with Gasteiger partial charge >= 0.3 is 5.97 Å². The first-order chi connectivity index (χ1) is 10.0. The van der Waals surface area contributed by atoms with Crippen LogP contribution in [0.15, 0.2) is 43.5 Å². The molecule has 0 spiro atoms. The molecule has 2 rings (SSSR count). The van der Waals surface area contributed by atoms with Crippen molar-refractivity contribution < 1.29 is 15.0 Å². The average molecular weight is 368 g/mol. The number of phenols is 1. The van der Waals surface area contributed by atoms with Crippen molar-refractivity contribution in [2.24, 2.45) is 0 Å². The first kappa shape index (κ1) is 18.5. The third-order valence-corrected chi connectivity index (χ3v) is 4.18. The Morgan fingerprint density at radius 2 is 1.91 bits per heavy atom. The molecule has 120 valence electrons. The molecule has 0 aliphatic heterocycles. The van der Waals surface area contributed by atoms with Crippen molar-refractivity contribution in [1.29, 1.82) is 0 Å². The van der Waals surface area contributed by atoms with Crippen molar-refractivity contribution in [2.75, 3.05) is 13.1 Å². The number of aryl methyl sites for hydroxylation is 1. The van der Waals surface area contributed by atoms with E-state index in [4.69, 9.17) is 0 Å². The Kier molecular flexibility index (Phi) is 6.38. The summed E-state index contributed by atoms with van der Waals surface area (Å²) in [5.41, 5.74) is 1.08. The molecule has 0 amide bonds. The fourth-order valence-electron chi connectivity index (χ4n) is 3.09. The fourth-order valence-corrected chi connectivity index (χ4v) is 3.09. The second-order valence-electron chi connectivity index (χ2n) is 5.45. The van der Waals surface area contributed by atoms with Crippen LogP contribution in [-0.4, -0.2) is 39.7 Å². The number of aromatic hydroxyl groups is 1. The number of halogens is 1. The molecule has 1 aromatic rings. The van der Waals surface area contributed by atoms with E-state index in [1.165, 1.54) is 0 Å². The van der Waals surface area contributed by atoms with E-state index in [0.717, 1.165) is 11.1 Å². The van der Waals surface area contributed by atoms with Gasteiger partial charge in [0.05, 0.1) is 0 Å². The summed E-state index contributed by atoms with van der Waals surface area (Å²) in [4.78, 5) is 13.9. The molecule has 1 aliphatic carbocycles. The van der Waals surface area contributed by atoms with Gasteiger partial charge in [-0.05, 0) is 36.1 Å². The van der Waals surface area contributed by atoms with E-state index in [0.29, 0.717) is 32.4 Å². The molecule has 1 aliphatic rings. The molecule has 0 fully saturated rings. The van der Waals surface area contributed by atoms with Crippen molar-refractivity contribution in [3.63, 3.8) is 0 Å². The van der Waals surface area contributed by atoms with E-state index >= 15 is 0 Å². The third kappa shape index (κ3) is 3.42. The Morgan fingerprint density at radius 1 is 1.27 bits per heavy atom. The van der Waals surface area contributed by atoms with Crippen LogP contribution in [0, 0.1) is 0 Å². The van der Waals surface area contributed by atoms with Gasteiger partial charge in [0.2, 0.25) is 0 Å². The van der Waals surface area contributed by atoms with Gasteiger partial charge in [0.25, 0.3) is 0 Å². The van der Waals surface area contributed by atoms with Crippen molar-refractivity contribution >= 4 is 23.0 Å². The zero-order chi connectivity index (χ0) is 15.5. The Balaban J connectivity index is 0.00000242. The molecule has 1 aromatic carbocycles. The van der Waals surface area contributed by atoms with E-state index < -0.39 is 11.5 Å². The molecule has 0 saturated heterocycles. The highest BCUT2D eigenvalue weighted by atomic mass is 79.9. The predicted octanol–water partition coefficient (Wildman–Crippen LogP) is 2.96. The number of nitrogens with zero attached hydrogens (tertiary/aromatic N) is 1. The number of phenolic OH excluding ortho intramolecular Hbond substituents is 1. The second-order valence-corrected chi connectivity index (χ2v) is 5.45. The first-order valence-electron chi connectivity index (χ1n) is 7.04. The summed E-state index contributed by atoms with van der Waals surface area (Å²) in [5, 5.41) is 19.4. The molecule has 1 unspecified atom stereocenters. The van der Waals surface area contributed by atoms with Crippen LogP contribution in [0.2, 0.25) is 0 Å². The van der Waals surface area contributed by atoms with Crippen LogP contribution in [0.1, 0.15) is 17.5 Å². The molecular weight excluding hydrogens is 346 g/mol. The molecule has 1 atom stereocenters. The number of hydrogen-bond acceptors (Lipinski definition) is 3. The SMILES string of the molecule is Br.C=CCN(CC=C)C1(C(=O)O)CCc2cc(O)ccc2C1. The number of carbonyl (C=O) groups is 1. The number of benzene rings is 1. The van der Waals surface area contributed by atoms with Gasteiger partial charge in [0.15, 0.2) is 0 Å². The molecule has 0 heterocycles. The Morgan fingerprint density at radius 3 is 2.45 bits per heavy atom. The Hall–Kier alpha value is -1.59. The summed E-state index contributed by atoms with van der Waals surface area (Å²) in [6.07, 6.45) is 5.03. The quantitative estimate of drug-likeness (QED) is 0.758. The maximum absolute atomic E-state index is 12.0.